The van der Waals surface area contributed by atoms with Crippen LogP contribution in [0.1, 0.15) is 18.4 Å². The maximum atomic E-state index is 13.5. The van der Waals surface area contributed by atoms with E-state index in [2.05, 4.69) is 15.2 Å². The Bertz CT molecular complexity index is 743. The van der Waals surface area contributed by atoms with E-state index in [1.807, 2.05) is 18.3 Å². The Morgan fingerprint density at radius 3 is 3.00 bits per heavy atom. The van der Waals surface area contributed by atoms with E-state index in [1.165, 1.54) is 6.07 Å². The molecule has 1 saturated heterocycles. The van der Waals surface area contributed by atoms with Crippen molar-refractivity contribution in [3.05, 3.63) is 59.9 Å². The number of pyridine rings is 1. The molecule has 3 rings (SSSR count). The molecule has 2 aromatic rings. The molecule has 7 heteroatoms. The van der Waals surface area contributed by atoms with Gasteiger partial charge in [0.15, 0.2) is 18.2 Å². The van der Waals surface area contributed by atoms with Gasteiger partial charge in [-0.1, -0.05) is 6.07 Å². The maximum Gasteiger partial charge on any atom is 0.258 e. The van der Waals surface area contributed by atoms with Crippen LogP contribution < -0.4 is 10.1 Å². The van der Waals surface area contributed by atoms with E-state index in [-0.39, 0.29) is 24.3 Å². The molecule has 0 saturated carbocycles. The zero-order valence-corrected chi connectivity index (χ0v) is 14.3. The van der Waals surface area contributed by atoms with Crippen LogP contribution in [0.4, 0.5) is 8.78 Å². The number of hydrogen-bond donors (Lipinski definition) is 1. The summed E-state index contributed by atoms with van der Waals surface area (Å²) < 4.78 is 31.5. The fourth-order valence-corrected chi connectivity index (χ4v) is 3.07. The molecule has 0 spiro atoms. The maximum absolute atomic E-state index is 13.5. The van der Waals surface area contributed by atoms with Crippen LogP contribution in [-0.4, -0.2) is 41.5 Å². The van der Waals surface area contributed by atoms with E-state index in [1.54, 1.807) is 6.20 Å². The minimum atomic E-state index is -0.821. The molecule has 0 bridgehead atoms. The summed E-state index contributed by atoms with van der Waals surface area (Å²) in [5, 5.41) is 2.92. The number of rotatable bonds is 6. The summed E-state index contributed by atoms with van der Waals surface area (Å²) in [7, 11) is 0. The first-order chi connectivity index (χ1) is 12.6. The average molecular weight is 361 g/mol. The van der Waals surface area contributed by atoms with Crippen molar-refractivity contribution in [1.29, 1.82) is 0 Å². The van der Waals surface area contributed by atoms with Gasteiger partial charge < -0.3 is 10.1 Å². The topological polar surface area (TPSA) is 54.5 Å². The molecule has 5 nitrogen and oxygen atoms in total. The molecule has 138 valence electrons. The number of nitrogens with zero attached hydrogens (tertiary/aromatic N) is 2. The standard InChI is InChI=1S/C19H21F2N3O2/c20-15-5-6-18(17(21)9-15)26-13-19(25)23-16-4-2-8-24(12-16)11-14-3-1-7-22-10-14/h1,3,5-7,9-10,16H,2,4,8,11-13H2,(H,23,25). The molecule has 1 N–H and O–H groups in total. The Balaban J connectivity index is 1.46. The number of benzene rings is 1. The van der Waals surface area contributed by atoms with Crippen molar-refractivity contribution >= 4 is 5.91 Å². The highest BCUT2D eigenvalue weighted by atomic mass is 19.1. The summed E-state index contributed by atoms with van der Waals surface area (Å²) in [5.41, 5.74) is 1.13. The van der Waals surface area contributed by atoms with Gasteiger partial charge in [-0.05, 0) is 43.1 Å². The van der Waals surface area contributed by atoms with Crippen LogP contribution in [0.3, 0.4) is 0 Å². The van der Waals surface area contributed by atoms with Gasteiger partial charge in [-0.15, -0.1) is 0 Å². The SMILES string of the molecule is O=C(COc1ccc(F)cc1F)NC1CCCN(Cc2cccnc2)C1. The molecule has 1 aliphatic rings. The number of halogens is 2. The van der Waals surface area contributed by atoms with Gasteiger partial charge in [0.25, 0.3) is 5.91 Å². The fraction of sp³-hybridized carbons (Fsp3) is 0.368. The van der Waals surface area contributed by atoms with Gasteiger partial charge in [-0.3, -0.25) is 14.7 Å². The van der Waals surface area contributed by atoms with Crippen LogP contribution in [0.25, 0.3) is 0 Å². The molecule has 1 amide bonds. The lowest BCUT2D eigenvalue weighted by molar-refractivity contribution is -0.124. The van der Waals surface area contributed by atoms with Gasteiger partial charge in [0.05, 0.1) is 0 Å². The van der Waals surface area contributed by atoms with Crippen molar-refractivity contribution in [2.45, 2.75) is 25.4 Å². The molecule has 1 aromatic carbocycles. The van der Waals surface area contributed by atoms with Crippen molar-refractivity contribution in [2.24, 2.45) is 0 Å². The van der Waals surface area contributed by atoms with Crippen LogP contribution in [-0.2, 0) is 11.3 Å². The van der Waals surface area contributed by atoms with Crippen LogP contribution in [0.2, 0.25) is 0 Å². The number of ether oxygens (including phenoxy) is 1. The summed E-state index contributed by atoms with van der Waals surface area (Å²) >= 11 is 0. The molecule has 1 fully saturated rings. The predicted molar refractivity (Wildman–Crippen MR) is 92.5 cm³/mol. The number of piperidine rings is 1. The quantitative estimate of drug-likeness (QED) is 0.859. The Kier molecular flexibility index (Phi) is 6.12. The second-order valence-electron chi connectivity index (χ2n) is 6.37. The van der Waals surface area contributed by atoms with Crippen molar-refractivity contribution < 1.29 is 18.3 Å². The van der Waals surface area contributed by atoms with Crippen molar-refractivity contribution in [3.63, 3.8) is 0 Å². The lowest BCUT2D eigenvalue weighted by Crippen LogP contribution is -2.48. The molecule has 1 atom stereocenters. The Morgan fingerprint density at radius 2 is 2.23 bits per heavy atom. The van der Waals surface area contributed by atoms with E-state index in [4.69, 9.17) is 4.74 Å². The van der Waals surface area contributed by atoms with Crippen LogP contribution in [0.5, 0.6) is 5.75 Å². The highest BCUT2D eigenvalue weighted by Gasteiger charge is 2.21. The number of amides is 1. The number of likely N-dealkylation sites (tertiary alicyclic amines) is 1. The highest BCUT2D eigenvalue weighted by Crippen LogP contribution is 2.17. The van der Waals surface area contributed by atoms with Crippen molar-refractivity contribution in [1.82, 2.24) is 15.2 Å². The summed E-state index contributed by atoms with van der Waals surface area (Å²) in [6.45, 7) is 2.20. The zero-order chi connectivity index (χ0) is 18.4. The highest BCUT2D eigenvalue weighted by molar-refractivity contribution is 5.77. The number of carbonyl (C=O) groups excluding carboxylic acids is 1. The molecule has 2 heterocycles. The van der Waals surface area contributed by atoms with E-state index in [0.29, 0.717) is 0 Å². The summed E-state index contributed by atoms with van der Waals surface area (Å²) in [6.07, 6.45) is 5.46. The third-order valence-electron chi connectivity index (χ3n) is 4.25. The van der Waals surface area contributed by atoms with E-state index in [0.717, 1.165) is 50.2 Å². The van der Waals surface area contributed by atoms with Gasteiger partial charge in [0.2, 0.25) is 0 Å². The fourth-order valence-electron chi connectivity index (χ4n) is 3.07. The first-order valence-electron chi connectivity index (χ1n) is 8.58. The molecule has 0 aliphatic carbocycles. The molecule has 1 aromatic heterocycles. The van der Waals surface area contributed by atoms with E-state index < -0.39 is 11.6 Å². The number of carbonyl (C=O) groups is 1. The Morgan fingerprint density at radius 1 is 1.35 bits per heavy atom. The van der Waals surface area contributed by atoms with Gasteiger partial charge in [0, 0.05) is 37.6 Å². The zero-order valence-electron chi connectivity index (χ0n) is 14.3. The summed E-state index contributed by atoms with van der Waals surface area (Å²) in [4.78, 5) is 18.5. The second kappa shape index (κ2) is 8.71. The largest absolute Gasteiger partial charge is 0.481 e. The third kappa shape index (κ3) is 5.23. The van der Waals surface area contributed by atoms with Crippen molar-refractivity contribution in [3.8, 4) is 5.75 Å². The minimum Gasteiger partial charge on any atom is -0.481 e. The Hall–Kier alpha value is -2.54. The number of nitrogens with one attached hydrogen (secondary N) is 1. The second-order valence-corrected chi connectivity index (χ2v) is 6.37. The molecular weight excluding hydrogens is 340 g/mol. The van der Waals surface area contributed by atoms with Gasteiger partial charge in [-0.25, -0.2) is 8.78 Å². The molecule has 1 aliphatic heterocycles. The molecular formula is C19H21F2N3O2. The lowest BCUT2D eigenvalue weighted by Gasteiger charge is -2.33. The van der Waals surface area contributed by atoms with Gasteiger partial charge in [-0.2, -0.15) is 0 Å². The van der Waals surface area contributed by atoms with Gasteiger partial charge in [0.1, 0.15) is 5.82 Å². The van der Waals surface area contributed by atoms with Crippen LogP contribution in [0, 0.1) is 11.6 Å². The lowest BCUT2D eigenvalue weighted by atomic mass is 10.0. The monoisotopic (exact) mass is 361 g/mol. The van der Waals surface area contributed by atoms with E-state index >= 15 is 0 Å². The van der Waals surface area contributed by atoms with Gasteiger partial charge >= 0.3 is 0 Å². The smallest absolute Gasteiger partial charge is 0.258 e. The summed E-state index contributed by atoms with van der Waals surface area (Å²) in [5.74, 6) is -1.96. The van der Waals surface area contributed by atoms with Crippen molar-refractivity contribution in [2.75, 3.05) is 19.7 Å². The Labute approximate surface area is 151 Å². The third-order valence-corrected chi connectivity index (χ3v) is 4.25. The van der Waals surface area contributed by atoms with Crippen LogP contribution >= 0.6 is 0 Å². The van der Waals surface area contributed by atoms with Crippen LogP contribution in [0.15, 0.2) is 42.7 Å². The normalized spacial score (nSPS) is 17.7. The summed E-state index contributed by atoms with van der Waals surface area (Å²) in [6, 6.07) is 6.95. The number of hydrogen-bond acceptors (Lipinski definition) is 4. The first-order valence-corrected chi connectivity index (χ1v) is 8.58. The molecule has 0 radical (unpaired) electrons. The molecule has 1 unspecified atom stereocenters. The minimum absolute atomic E-state index is 0.0228. The predicted octanol–water partition coefficient (Wildman–Crippen LogP) is 2.52. The molecule has 26 heavy (non-hydrogen) atoms. The average Bonchev–Trinajstić information content (AvgIpc) is 2.62. The first kappa shape index (κ1) is 18.3. The van der Waals surface area contributed by atoms with E-state index in [9.17, 15) is 13.6 Å². The number of aromatic nitrogens is 1.